The van der Waals surface area contributed by atoms with E-state index < -0.39 is 0 Å². The van der Waals surface area contributed by atoms with Gasteiger partial charge in [-0.2, -0.15) is 0 Å². The molecule has 1 saturated carbocycles. The smallest absolute Gasteiger partial charge is 0.301 e. The average molecular weight is 402 g/mol. The third-order valence-corrected chi connectivity index (χ3v) is 6.18. The summed E-state index contributed by atoms with van der Waals surface area (Å²) in [5, 5.41) is 12.4. The van der Waals surface area contributed by atoms with Crippen LogP contribution in [0.5, 0.6) is 0 Å². The topological polar surface area (TPSA) is 92.7 Å². The Labute approximate surface area is 164 Å². The fourth-order valence-corrected chi connectivity index (χ4v) is 4.25. The van der Waals surface area contributed by atoms with E-state index in [1.54, 1.807) is 4.57 Å². The highest BCUT2D eigenvalue weighted by molar-refractivity contribution is 7.99. The summed E-state index contributed by atoms with van der Waals surface area (Å²) in [7, 11) is 0. The zero-order valence-electron chi connectivity index (χ0n) is 15.0. The predicted octanol–water partition coefficient (Wildman–Crippen LogP) is 3.38. The molecule has 1 aromatic carbocycles. The van der Waals surface area contributed by atoms with E-state index in [-0.39, 0.29) is 23.4 Å². The number of H-pyrrole nitrogens is 1. The molecule has 1 aliphatic carbocycles. The van der Waals surface area contributed by atoms with Crippen molar-refractivity contribution in [2.24, 2.45) is 0 Å². The van der Waals surface area contributed by atoms with Crippen molar-refractivity contribution in [3.63, 3.8) is 0 Å². The largest absolute Gasteiger partial charge is 0.344 e. The molecule has 27 heavy (non-hydrogen) atoms. The Kier molecular flexibility index (Phi) is 4.88. The highest BCUT2D eigenvalue weighted by Crippen LogP contribution is 2.36. The van der Waals surface area contributed by atoms with E-state index in [9.17, 15) is 9.59 Å². The fraction of sp³-hybridized carbons (Fsp3) is 0.333. The van der Waals surface area contributed by atoms with Crippen LogP contribution >= 0.6 is 23.1 Å². The molecule has 2 heterocycles. The zero-order chi connectivity index (χ0) is 19.0. The summed E-state index contributed by atoms with van der Waals surface area (Å²) in [4.78, 5) is 28.5. The van der Waals surface area contributed by atoms with Crippen LogP contribution in [-0.4, -0.2) is 31.4 Å². The van der Waals surface area contributed by atoms with E-state index in [1.165, 1.54) is 34.2 Å². The van der Waals surface area contributed by atoms with Gasteiger partial charge in [-0.15, -0.1) is 16.4 Å². The third-order valence-electron chi connectivity index (χ3n) is 4.47. The molecular weight excluding hydrogens is 382 g/mol. The van der Waals surface area contributed by atoms with Crippen molar-refractivity contribution in [1.29, 1.82) is 0 Å². The van der Waals surface area contributed by atoms with Crippen molar-refractivity contribution < 1.29 is 4.79 Å². The first-order chi connectivity index (χ1) is 13.0. The summed E-state index contributed by atoms with van der Waals surface area (Å²) >= 11 is 2.65. The number of nitrogens with zero attached hydrogens (tertiary/aromatic N) is 3. The summed E-state index contributed by atoms with van der Waals surface area (Å²) in [6.45, 7) is 4.15. The van der Waals surface area contributed by atoms with Crippen molar-refractivity contribution >= 4 is 34.1 Å². The summed E-state index contributed by atoms with van der Waals surface area (Å²) < 4.78 is 1.64. The number of benzene rings is 1. The summed E-state index contributed by atoms with van der Waals surface area (Å²) in [6, 6.07) is 6.43. The molecular formula is C18H19N5O2S2. The number of rotatable bonds is 6. The summed E-state index contributed by atoms with van der Waals surface area (Å²) in [6.07, 6.45) is 1.97. The molecule has 3 aromatic rings. The molecule has 1 aliphatic rings. The van der Waals surface area contributed by atoms with Crippen LogP contribution < -0.4 is 11.0 Å². The standard InChI is InChI=1S/C18H19N5O2S2/c1-10-3-4-12(7-11(10)2)14-8-26-16(19-14)20-15(24)9-27-18-22-21-17(25)23(18)13-5-6-13/h3-4,7-8,13H,5-6,9H2,1-2H3,(H,21,25)(H,19,20,24). The fourth-order valence-electron chi connectivity index (χ4n) is 2.70. The molecule has 7 nitrogen and oxygen atoms in total. The van der Waals surface area contributed by atoms with Gasteiger partial charge < -0.3 is 5.32 Å². The van der Waals surface area contributed by atoms with Crippen molar-refractivity contribution in [1.82, 2.24) is 19.7 Å². The van der Waals surface area contributed by atoms with E-state index in [2.05, 4.69) is 46.5 Å². The maximum Gasteiger partial charge on any atom is 0.344 e. The van der Waals surface area contributed by atoms with Gasteiger partial charge >= 0.3 is 5.69 Å². The molecule has 0 spiro atoms. The molecule has 2 aromatic heterocycles. The van der Waals surface area contributed by atoms with Gasteiger partial charge in [-0.1, -0.05) is 23.9 Å². The minimum atomic E-state index is -0.210. The number of thiazole rings is 1. The number of thioether (sulfide) groups is 1. The number of aromatic nitrogens is 4. The highest BCUT2D eigenvalue weighted by atomic mass is 32.2. The highest BCUT2D eigenvalue weighted by Gasteiger charge is 2.28. The quantitative estimate of drug-likeness (QED) is 0.618. The van der Waals surface area contributed by atoms with Crippen molar-refractivity contribution in [3.05, 3.63) is 45.2 Å². The normalized spacial score (nSPS) is 13.7. The Balaban J connectivity index is 1.38. The van der Waals surface area contributed by atoms with Crippen LogP contribution in [-0.2, 0) is 4.79 Å². The molecule has 140 valence electrons. The van der Waals surface area contributed by atoms with E-state index in [1.807, 2.05) is 11.4 Å². The van der Waals surface area contributed by atoms with Gasteiger partial charge in [0.25, 0.3) is 0 Å². The van der Waals surface area contributed by atoms with Crippen LogP contribution in [0.3, 0.4) is 0 Å². The lowest BCUT2D eigenvalue weighted by Crippen LogP contribution is -2.17. The van der Waals surface area contributed by atoms with Crippen LogP contribution in [0, 0.1) is 13.8 Å². The Morgan fingerprint density at radius 2 is 2.19 bits per heavy atom. The van der Waals surface area contributed by atoms with Crippen molar-refractivity contribution in [2.75, 3.05) is 11.1 Å². The van der Waals surface area contributed by atoms with E-state index in [0.29, 0.717) is 10.3 Å². The van der Waals surface area contributed by atoms with Crippen LogP contribution in [0.1, 0.15) is 30.0 Å². The minimum absolute atomic E-state index is 0.168. The lowest BCUT2D eigenvalue weighted by atomic mass is 10.1. The molecule has 0 atom stereocenters. The molecule has 1 amide bonds. The molecule has 1 fully saturated rings. The van der Waals surface area contributed by atoms with Gasteiger partial charge in [0.1, 0.15) is 0 Å². The predicted molar refractivity (Wildman–Crippen MR) is 107 cm³/mol. The summed E-state index contributed by atoms with van der Waals surface area (Å²) in [5.74, 6) is 0.00836. The number of aryl methyl sites for hydroxylation is 2. The second kappa shape index (κ2) is 7.32. The van der Waals surface area contributed by atoms with Gasteiger partial charge in [-0.05, 0) is 43.9 Å². The molecule has 4 rings (SSSR count). The minimum Gasteiger partial charge on any atom is -0.301 e. The first kappa shape index (κ1) is 18.0. The number of aromatic amines is 1. The molecule has 0 aliphatic heterocycles. The zero-order valence-corrected chi connectivity index (χ0v) is 16.6. The Morgan fingerprint density at radius 3 is 2.93 bits per heavy atom. The number of amides is 1. The van der Waals surface area contributed by atoms with Crippen molar-refractivity contribution in [2.45, 2.75) is 37.9 Å². The molecule has 0 bridgehead atoms. The van der Waals surface area contributed by atoms with Gasteiger partial charge in [0.05, 0.1) is 11.4 Å². The van der Waals surface area contributed by atoms with Crippen LogP contribution in [0.15, 0.2) is 33.5 Å². The maximum absolute atomic E-state index is 12.2. The molecule has 2 N–H and O–H groups in total. The number of hydrogen-bond donors (Lipinski definition) is 2. The number of anilines is 1. The monoisotopic (exact) mass is 401 g/mol. The third kappa shape index (κ3) is 3.98. The Hall–Kier alpha value is -2.39. The average Bonchev–Trinajstić information content (AvgIpc) is 3.25. The number of carbonyl (C=O) groups excluding carboxylic acids is 1. The Morgan fingerprint density at radius 1 is 1.37 bits per heavy atom. The van der Waals surface area contributed by atoms with Gasteiger partial charge in [0.2, 0.25) is 5.91 Å². The number of hydrogen-bond acceptors (Lipinski definition) is 6. The number of carbonyl (C=O) groups is 1. The van der Waals surface area contributed by atoms with Crippen LogP contribution in [0.2, 0.25) is 0 Å². The number of nitrogens with one attached hydrogen (secondary N) is 2. The summed E-state index contributed by atoms with van der Waals surface area (Å²) in [5.41, 5.74) is 4.12. The van der Waals surface area contributed by atoms with Gasteiger partial charge in [0, 0.05) is 17.0 Å². The molecule has 0 unspecified atom stereocenters. The molecule has 0 saturated heterocycles. The van der Waals surface area contributed by atoms with E-state index in [0.717, 1.165) is 24.1 Å². The first-order valence-corrected chi connectivity index (χ1v) is 10.5. The Bertz CT molecular complexity index is 1050. The lowest BCUT2D eigenvalue weighted by Gasteiger charge is -2.04. The van der Waals surface area contributed by atoms with E-state index in [4.69, 9.17) is 0 Å². The van der Waals surface area contributed by atoms with E-state index >= 15 is 0 Å². The first-order valence-electron chi connectivity index (χ1n) is 8.64. The van der Waals surface area contributed by atoms with Crippen molar-refractivity contribution in [3.8, 4) is 11.3 Å². The second-order valence-electron chi connectivity index (χ2n) is 6.59. The molecule has 9 heteroatoms. The van der Waals surface area contributed by atoms with Crippen LogP contribution in [0.4, 0.5) is 5.13 Å². The van der Waals surface area contributed by atoms with Gasteiger partial charge in [-0.25, -0.2) is 14.9 Å². The van der Waals surface area contributed by atoms with Gasteiger partial charge in [-0.3, -0.25) is 9.36 Å². The SMILES string of the molecule is Cc1ccc(-c2csc(NC(=O)CSc3n[nH]c(=O)n3C3CC3)n2)cc1C. The lowest BCUT2D eigenvalue weighted by molar-refractivity contribution is -0.113. The van der Waals surface area contributed by atoms with Gasteiger partial charge in [0.15, 0.2) is 10.3 Å². The second-order valence-corrected chi connectivity index (χ2v) is 8.39. The van der Waals surface area contributed by atoms with Crippen LogP contribution in [0.25, 0.3) is 11.3 Å². The maximum atomic E-state index is 12.2. The molecule has 0 radical (unpaired) electrons.